The van der Waals surface area contributed by atoms with Crippen molar-refractivity contribution in [3.05, 3.63) is 50.2 Å². The molecule has 23 heavy (non-hydrogen) atoms. The summed E-state index contributed by atoms with van der Waals surface area (Å²) in [4.78, 5) is 21.3. The fraction of sp³-hybridized carbons (Fsp3) is 0.375. The Balaban J connectivity index is 1.83. The molecule has 0 amide bonds. The number of aromatic amines is 1. The fourth-order valence-corrected chi connectivity index (χ4v) is 3.07. The number of benzene rings is 1. The second kappa shape index (κ2) is 6.22. The van der Waals surface area contributed by atoms with Gasteiger partial charge in [0.15, 0.2) is 11.5 Å². The molecule has 2 N–H and O–H groups in total. The Kier molecular flexibility index (Phi) is 4.28. The number of phenolic OH excluding ortho intramolecular Hbond substituents is 1. The molecular formula is C16H18ClN3O3. The molecule has 0 radical (unpaired) electrons. The smallest absolute Gasteiger partial charge is 0.255 e. The van der Waals surface area contributed by atoms with Crippen LogP contribution in [-0.2, 0) is 19.5 Å². The zero-order chi connectivity index (χ0) is 16.6. The first-order valence-corrected chi connectivity index (χ1v) is 7.72. The van der Waals surface area contributed by atoms with Crippen molar-refractivity contribution in [2.24, 2.45) is 0 Å². The third-order valence-corrected chi connectivity index (χ3v) is 4.46. The summed E-state index contributed by atoms with van der Waals surface area (Å²) in [6, 6.07) is 3.51. The lowest BCUT2D eigenvalue weighted by Gasteiger charge is -2.28. The first kappa shape index (κ1) is 15.8. The van der Waals surface area contributed by atoms with Crippen molar-refractivity contribution in [3.8, 4) is 11.5 Å². The largest absolute Gasteiger partial charge is 0.503 e. The van der Waals surface area contributed by atoms with Crippen LogP contribution in [-0.4, -0.2) is 33.6 Å². The van der Waals surface area contributed by atoms with E-state index in [1.807, 2.05) is 6.07 Å². The van der Waals surface area contributed by atoms with Crippen LogP contribution in [0.1, 0.15) is 22.6 Å². The standard InChI is InChI=1S/C16H18ClN3O3/c1-9-18-12-5-6-20(8-11(12)16(22)19-9)7-10-3-4-13(23-2)15(21)14(10)17/h3-4,21H,5-8H2,1-2H3,(H,18,19,22). The molecule has 0 atom stereocenters. The summed E-state index contributed by atoms with van der Waals surface area (Å²) in [5.41, 5.74) is 2.28. The summed E-state index contributed by atoms with van der Waals surface area (Å²) in [6.45, 7) is 3.63. The normalized spacial score (nSPS) is 14.6. The third-order valence-electron chi connectivity index (χ3n) is 4.04. The van der Waals surface area contributed by atoms with E-state index >= 15 is 0 Å². The Hall–Kier alpha value is -2.05. The number of fused-ring (bicyclic) bond motifs is 1. The van der Waals surface area contributed by atoms with E-state index in [-0.39, 0.29) is 16.3 Å². The highest BCUT2D eigenvalue weighted by atomic mass is 35.5. The summed E-state index contributed by atoms with van der Waals surface area (Å²) < 4.78 is 5.04. The number of hydrogen-bond acceptors (Lipinski definition) is 5. The van der Waals surface area contributed by atoms with Crippen LogP contribution in [0.5, 0.6) is 11.5 Å². The fourth-order valence-electron chi connectivity index (χ4n) is 2.86. The number of aromatic hydroxyl groups is 1. The van der Waals surface area contributed by atoms with E-state index in [1.54, 1.807) is 13.0 Å². The molecule has 0 unspecified atom stereocenters. The Morgan fingerprint density at radius 3 is 3.00 bits per heavy atom. The van der Waals surface area contributed by atoms with E-state index in [4.69, 9.17) is 16.3 Å². The molecule has 0 bridgehead atoms. The Labute approximate surface area is 138 Å². The van der Waals surface area contributed by atoms with Gasteiger partial charge in [0.2, 0.25) is 0 Å². The van der Waals surface area contributed by atoms with Crippen molar-refractivity contribution in [1.29, 1.82) is 0 Å². The van der Waals surface area contributed by atoms with Crippen molar-refractivity contribution >= 4 is 11.6 Å². The molecule has 0 fully saturated rings. The quantitative estimate of drug-likeness (QED) is 0.897. The molecule has 1 aromatic heterocycles. The molecule has 2 heterocycles. The molecule has 0 saturated carbocycles. The van der Waals surface area contributed by atoms with Gasteiger partial charge in [-0.25, -0.2) is 4.98 Å². The van der Waals surface area contributed by atoms with Crippen LogP contribution in [0, 0.1) is 6.92 Å². The predicted molar refractivity (Wildman–Crippen MR) is 87.1 cm³/mol. The van der Waals surface area contributed by atoms with Crippen LogP contribution in [0.4, 0.5) is 0 Å². The molecule has 3 rings (SSSR count). The first-order valence-electron chi connectivity index (χ1n) is 7.35. The SMILES string of the molecule is COc1ccc(CN2CCc3nc(C)[nH]c(=O)c3C2)c(Cl)c1O. The number of phenols is 1. The van der Waals surface area contributed by atoms with E-state index in [0.717, 1.165) is 24.2 Å². The van der Waals surface area contributed by atoms with Gasteiger partial charge in [-0.1, -0.05) is 17.7 Å². The van der Waals surface area contributed by atoms with E-state index < -0.39 is 0 Å². The molecule has 6 nitrogen and oxygen atoms in total. The number of aryl methyl sites for hydroxylation is 1. The average molecular weight is 336 g/mol. The van der Waals surface area contributed by atoms with Crippen molar-refractivity contribution in [2.45, 2.75) is 26.4 Å². The number of nitrogens with zero attached hydrogens (tertiary/aromatic N) is 2. The number of ether oxygens (including phenoxy) is 1. The Morgan fingerprint density at radius 2 is 2.26 bits per heavy atom. The number of hydrogen-bond donors (Lipinski definition) is 2. The maximum atomic E-state index is 12.1. The molecule has 0 spiro atoms. The van der Waals surface area contributed by atoms with E-state index in [2.05, 4.69) is 14.9 Å². The molecule has 7 heteroatoms. The van der Waals surface area contributed by atoms with Gasteiger partial charge in [-0.2, -0.15) is 0 Å². The second-order valence-electron chi connectivity index (χ2n) is 5.63. The molecule has 2 aromatic rings. The van der Waals surface area contributed by atoms with Gasteiger partial charge in [0.25, 0.3) is 5.56 Å². The monoisotopic (exact) mass is 335 g/mol. The van der Waals surface area contributed by atoms with Crippen molar-refractivity contribution in [1.82, 2.24) is 14.9 Å². The number of aromatic nitrogens is 2. The molecule has 1 aliphatic heterocycles. The molecule has 1 aromatic carbocycles. The summed E-state index contributed by atoms with van der Waals surface area (Å²) in [5.74, 6) is 0.934. The molecule has 0 saturated heterocycles. The van der Waals surface area contributed by atoms with Crippen molar-refractivity contribution < 1.29 is 9.84 Å². The van der Waals surface area contributed by atoms with Crippen LogP contribution in [0.25, 0.3) is 0 Å². The van der Waals surface area contributed by atoms with Gasteiger partial charge in [-0.3, -0.25) is 9.69 Å². The van der Waals surface area contributed by atoms with Gasteiger partial charge in [0.05, 0.1) is 23.4 Å². The van der Waals surface area contributed by atoms with Gasteiger partial charge in [-0.15, -0.1) is 0 Å². The highest BCUT2D eigenvalue weighted by Gasteiger charge is 2.22. The lowest BCUT2D eigenvalue weighted by molar-refractivity contribution is 0.241. The van der Waals surface area contributed by atoms with Crippen LogP contribution < -0.4 is 10.3 Å². The number of halogens is 1. The molecular weight excluding hydrogens is 318 g/mol. The third kappa shape index (κ3) is 3.04. The Bertz CT molecular complexity index is 804. The summed E-state index contributed by atoms with van der Waals surface area (Å²) in [5, 5.41) is 10.3. The number of H-pyrrole nitrogens is 1. The topological polar surface area (TPSA) is 78.5 Å². The lowest BCUT2D eigenvalue weighted by Crippen LogP contribution is -2.35. The molecule has 122 valence electrons. The van der Waals surface area contributed by atoms with E-state index in [0.29, 0.717) is 30.2 Å². The lowest BCUT2D eigenvalue weighted by atomic mass is 10.1. The van der Waals surface area contributed by atoms with Crippen LogP contribution in [0.3, 0.4) is 0 Å². The minimum absolute atomic E-state index is 0.0563. The Morgan fingerprint density at radius 1 is 1.48 bits per heavy atom. The van der Waals surface area contributed by atoms with Gasteiger partial charge in [0.1, 0.15) is 5.82 Å². The first-order chi connectivity index (χ1) is 11.0. The summed E-state index contributed by atoms with van der Waals surface area (Å²) in [7, 11) is 1.48. The maximum absolute atomic E-state index is 12.1. The maximum Gasteiger partial charge on any atom is 0.255 e. The van der Waals surface area contributed by atoms with Crippen molar-refractivity contribution in [3.63, 3.8) is 0 Å². The highest BCUT2D eigenvalue weighted by molar-refractivity contribution is 6.33. The minimum atomic E-state index is -0.0825. The zero-order valence-corrected chi connectivity index (χ0v) is 13.8. The average Bonchev–Trinajstić information content (AvgIpc) is 2.52. The minimum Gasteiger partial charge on any atom is -0.503 e. The van der Waals surface area contributed by atoms with Gasteiger partial charge < -0.3 is 14.8 Å². The van der Waals surface area contributed by atoms with Crippen LogP contribution in [0.2, 0.25) is 5.02 Å². The second-order valence-corrected chi connectivity index (χ2v) is 6.00. The van der Waals surface area contributed by atoms with Gasteiger partial charge >= 0.3 is 0 Å². The number of methoxy groups -OCH3 is 1. The van der Waals surface area contributed by atoms with Crippen molar-refractivity contribution in [2.75, 3.05) is 13.7 Å². The number of nitrogens with one attached hydrogen (secondary N) is 1. The van der Waals surface area contributed by atoms with Crippen LogP contribution in [0.15, 0.2) is 16.9 Å². The predicted octanol–water partition coefficient (Wildman–Crippen LogP) is 2.00. The summed E-state index contributed by atoms with van der Waals surface area (Å²) >= 11 is 6.21. The van der Waals surface area contributed by atoms with E-state index in [9.17, 15) is 9.90 Å². The highest BCUT2D eigenvalue weighted by Crippen LogP contribution is 2.37. The number of rotatable bonds is 3. The summed E-state index contributed by atoms with van der Waals surface area (Å²) in [6.07, 6.45) is 0.722. The van der Waals surface area contributed by atoms with Crippen LogP contribution >= 0.6 is 11.6 Å². The molecule has 1 aliphatic rings. The van der Waals surface area contributed by atoms with Gasteiger partial charge in [0, 0.05) is 26.1 Å². The van der Waals surface area contributed by atoms with E-state index in [1.165, 1.54) is 7.11 Å². The van der Waals surface area contributed by atoms with Gasteiger partial charge in [-0.05, 0) is 18.6 Å². The zero-order valence-electron chi connectivity index (χ0n) is 13.0. The molecule has 0 aliphatic carbocycles.